The molecule has 1 heterocycles. The van der Waals surface area contributed by atoms with Gasteiger partial charge in [-0.2, -0.15) is 0 Å². The third-order valence-corrected chi connectivity index (χ3v) is 1.84. The summed E-state index contributed by atoms with van der Waals surface area (Å²) in [5.41, 5.74) is 5.35. The van der Waals surface area contributed by atoms with Crippen molar-refractivity contribution in [2.24, 2.45) is 5.73 Å². The minimum atomic E-state index is 0.185. The molecule has 0 aromatic heterocycles. The summed E-state index contributed by atoms with van der Waals surface area (Å²) >= 11 is 0. The van der Waals surface area contributed by atoms with E-state index in [1.807, 2.05) is 0 Å². The number of nitrogens with two attached hydrogens (primary N) is 1. The Morgan fingerprint density at radius 2 is 2.50 bits per heavy atom. The maximum Gasteiger partial charge on any atom is 0.220 e. The Morgan fingerprint density at radius 1 is 1.70 bits per heavy atom. The van der Waals surface area contributed by atoms with Crippen molar-refractivity contribution in [1.29, 1.82) is 0 Å². The van der Waals surface area contributed by atoms with Crippen LogP contribution in [0.15, 0.2) is 0 Å². The van der Waals surface area contributed by atoms with Gasteiger partial charge in [0.05, 0.1) is 0 Å². The normalized spacial score (nSPS) is 26.1. The standard InChI is InChI=1S/C7H14N2O/c8-5-4-6-2-1-3-7(10)9-6/h6H,1-5,8H2,(H,9,10)/t6-/m1/s1. The molecule has 0 unspecified atom stereocenters. The molecule has 1 rings (SSSR count). The van der Waals surface area contributed by atoms with Crippen LogP contribution in [-0.2, 0) is 4.79 Å². The lowest BCUT2D eigenvalue weighted by Gasteiger charge is -2.22. The zero-order chi connectivity index (χ0) is 7.40. The molecule has 1 amide bonds. The lowest BCUT2D eigenvalue weighted by atomic mass is 10.0. The van der Waals surface area contributed by atoms with Crippen LogP contribution in [0, 0.1) is 0 Å². The quantitative estimate of drug-likeness (QED) is 0.570. The number of hydrogen-bond acceptors (Lipinski definition) is 2. The molecule has 0 aromatic carbocycles. The summed E-state index contributed by atoms with van der Waals surface area (Å²) in [7, 11) is 0. The van der Waals surface area contributed by atoms with Crippen molar-refractivity contribution >= 4 is 5.91 Å². The van der Waals surface area contributed by atoms with Crippen LogP contribution >= 0.6 is 0 Å². The van der Waals surface area contributed by atoms with Gasteiger partial charge in [0.25, 0.3) is 0 Å². The Hall–Kier alpha value is -0.570. The number of amides is 1. The Balaban J connectivity index is 2.25. The zero-order valence-corrected chi connectivity index (χ0v) is 6.10. The largest absolute Gasteiger partial charge is 0.353 e. The molecule has 0 bridgehead atoms. The van der Waals surface area contributed by atoms with Crippen LogP contribution in [-0.4, -0.2) is 18.5 Å². The molecule has 1 aliphatic rings. The van der Waals surface area contributed by atoms with Gasteiger partial charge in [0.1, 0.15) is 0 Å². The fourth-order valence-corrected chi connectivity index (χ4v) is 1.30. The van der Waals surface area contributed by atoms with Crippen molar-refractivity contribution in [3.8, 4) is 0 Å². The van der Waals surface area contributed by atoms with Crippen LogP contribution in [0.5, 0.6) is 0 Å². The Bertz CT molecular complexity index is 123. The van der Waals surface area contributed by atoms with Gasteiger partial charge in [-0.3, -0.25) is 4.79 Å². The first-order valence-electron chi connectivity index (χ1n) is 3.82. The third-order valence-electron chi connectivity index (χ3n) is 1.84. The summed E-state index contributed by atoms with van der Waals surface area (Å²) in [6.45, 7) is 0.672. The first-order valence-corrected chi connectivity index (χ1v) is 3.82. The highest BCUT2D eigenvalue weighted by Gasteiger charge is 2.16. The number of carbonyl (C=O) groups is 1. The predicted octanol–water partition coefficient (Wildman–Crippen LogP) is 0.00390. The second kappa shape index (κ2) is 3.56. The monoisotopic (exact) mass is 142 g/mol. The van der Waals surface area contributed by atoms with E-state index < -0.39 is 0 Å². The van der Waals surface area contributed by atoms with Gasteiger partial charge in [-0.25, -0.2) is 0 Å². The average molecular weight is 142 g/mol. The van der Waals surface area contributed by atoms with Crippen molar-refractivity contribution in [2.75, 3.05) is 6.54 Å². The summed E-state index contributed by atoms with van der Waals surface area (Å²) in [4.78, 5) is 10.8. The summed E-state index contributed by atoms with van der Waals surface area (Å²) in [5.74, 6) is 0.185. The van der Waals surface area contributed by atoms with E-state index in [2.05, 4.69) is 5.32 Å². The molecule has 0 radical (unpaired) electrons. The van der Waals surface area contributed by atoms with Crippen molar-refractivity contribution in [3.63, 3.8) is 0 Å². The first-order chi connectivity index (χ1) is 4.83. The fourth-order valence-electron chi connectivity index (χ4n) is 1.30. The molecule has 10 heavy (non-hydrogen) atoms. The van der Waals surface area contributed by atoms with Crippen LogP contribution in [0.2, 0.25) is 0 Å². The van der Waals surface area contributed by atoms with Gasteiger partial charge in [0.15, 0.2) is 0 Å². The van der Waals surface area contributed by atoms with E-state index in [9.17, 15) is 4.79 Å². The van der Waals surface area contributed by atoms with Crippen LogP contribution in [0.1, 0.15) is 25.7 Å². The van der Waals surface area contributed by atoms with E-state index in [-0.39, 0.29) is 5.91 Å². The molecule has 58 valence electrons. The van der Waals surface area contributed by atoms with E-state index in [0.29, 0.717) is 19.0 Å². The zero-order valence-electron chi connectivity index (χ0n) is 6.10. The minimum Gasteiger partial charge on any atom is -0.353 e. The maximum absolute atomic E-state index is 10.8. The van der Waals surface area contributed by atoms with E-state index >= 15 is 0 Å². The Labute approximate surface area is 61.0 Å². The van der Waals surface area contributed by atoms with Crippen LogP contribution in [0.4, 0.5) is 0 Å². The number of hydrogen-bond donors (Lipinski definition) is 2. The van der Waals surface area contributed by atoms with Gasteiger partial charge < -0.3 is 11.1 Å². The van der Waals surface area contributed by atoms with Gasteiger partial charge in [0.2, 0.25) is 5.91 Å². The highest BCUT2D eigenvalue weighted by Crippen LogP contribution is 2.09. The lowest BCUT2D eigenvalue weighted by Crippen LogP contribution is -2.39. The topological polar surface area (TPSA) is 55.1 Å². The SMILES string of the molecule is NCC[C@H]1CCCC(=O)N1. The van der Waals surface area contributed by atoms with E-state index in [1.54, 1.807) is 0 Å². The molecule has 3 nitrogen and oxygen atoms in total. The molecule has 3 N–H and O–H groups in total. The Morgan fingerprint density at radius 3 is 3.10 bits per heavy atom. The second-order valence-electron chi connectivity index (χ2n) is 2.73. The Kier molecular flexibility index (Phi) is 2.68. The first kappa shape index (κ1) is 7.54. The molecule has 0 aliphatic carbocycles. The van der Waals surface area contributed by atoms with Gasteiger partial charge in [-0.1, -0.05) is 0 Å². The molecular weight excluding hydrogens is 128 g/mol. The summed E-state index contributed by atoms with van der Waals surface area (Å²) < 4.78 is 0. The smallest absolute Gasteiger partial charge is 0.220 e. The van der Waals surface area contributed by atoms with E-state index in [0.717, 1.165) is 19.3 Å². The fraction of sp³-hybridized carbons (Fsp3) is 0.857. The molecule has 1 fully saturated rings. The van der Waals surface area contributed by atoms with E-state index in [1.165, 1.54) is 0 Å². The third kappa shape index (κ3) is 1.99. The molecule has 1 saturated heterocycles. The molecular formula is C7H14N2O. The lowest BCUT2D eigenvalue weighted by molar-refractivity contribution is -0.123. The van der Waals surface area contributed by atoms with Gasteiger partial charge in [0, 0.05) is 12.5 Å². The highest BCUT2D eigenvalue weighted by molar-refractivity contribution is 5.76. The summed E-state index contributed by atoms with van der Waals surface area (Å²) in [6.07, 6.45) is 3.74. The van der Waals surface area contributed by atoms with Crippen molar-refractivity contribution in [3.05, 3.63) is 0 Å². The number of piperidine rings is 1. The maximum atomic E-state index is 10.8. The summed E-state index contributed by atoms with van der Waals surface area (Å²) in [5, 5.41) is 2.90. The van der Waals surface area contributed by atoms with Crippen molar-refractivity contribution in [2.45, 2.75) is 31.7 Å². The number of nitrogens with one attached hydrogen (secondary N) is 1. The average Bonchev–Trinajstić information content (AvgIpc) is 1.88. The molecule has 1 aliphatic heterocycles. The molecule has 3 heteroatoms. The molecule has 1 atom stereocenters. The van der Waals surface area contributed by atoms with E-state index in [4.69, 9.17) is 5.73 Å². The van der Waals surface area contributed by atoms with Crippen molar-refractivity contribution in [1.82, 2.24) is 5.32 Å². The molecule has 0 saturated carbocycles. The number of rotatable bonds is 2. The van der Waals surface area contributed by atoms with Crippen LogP contribution in [0.25, 0.3) is 0 Å². The molecule has 0 spiro atoms. The second-order valence-corrected chi connectivity index (χ2v) is 2.73. The highest BCUT2D eigenvalue weighted by atomic mass is 16.1. The van der Waals surface area contributed by atoms with Crippen LogP contribution < -0.4 is 11.1 Å². The minimum absolute atomic E-state index is 0.185. The predicted molar refractivity (Wildman–Crippen MR) is 39.5 cm³/mol. The summed E-state index contributed by atoms with van der Waals surface area (Å²) in [6, 6.07) is 0.353. The van der Waals surface area contributed by atoms with Crippen molar-refractivity contribution < 1.29 is 4.79 Å². The molecule has 0 aromatic rings. The van der Waals surface area contributed by atoms with Gasteiger partial charge in [-0.05, 0) is 25.8 Å². The van der Waals surface area contributed by atoms with Crippen LogP contribution in [0.3, 0.4) is 0 Å². The van der Waals surface area contributed by atoms with Gasteiger partial charge in [-0.15, -0.1) is 0 Å². The number of carbonyl (C=O) groups excluding carboxylic acids is 1. The van der Waals surface area contributed by atoms with Gasteiger partial charge >= 0.3 is 0 Å².